The second-order valence-corrected chi connectivity index (χ2v) is 9.28. The van der Waals surface area contributed by atoms with E-state index in [9.17, 15) is 4.79 Å². The van der Waals surface area contributed by atoms with E-state index in [1.807, 2.05) is 41.8 Å². The summed E-state index contributed by atoms with van der Waals surface area (Å²) in [5.41, 5.74) is 3.38. The number of carbonyl (C=O) groups excluding carboxylic acids is 1. The summed E-state index contributed by atoms with van der Waals surface area (Å²) >= 11 is 6.23. The van der Waals surface area contributed by atoms with Crippen molar-refractivity contribution < 1.29 is 14.3 Å². The second-order valence-electron chi connectivity index (χ2n) is 5.84. The molecule has 0 aliphatic carbocycles. The molecule has 0 bridgehead atoms. The lowest BCUT2D eigenvalue weighted by atomic mass is 10.2. The number of amides is 1. The zero-order valence-corrected chi connectivity index (χ0v) is 19.8. The van der Waals surface area contributed by atoms with Gasteiger partial charge in [-0.2, -0.15) is 5.10 Å². The molecule has 2 aromatic heterocycles. The molecule has 1 aromatic carbocycles. The van der Waals surface area contributed by atoms with Gasteiger partial charge in [0.25, 0.3) is 5.91 Å². The van der Waals surface area contributed by atoms with Crippen LogP contribution in [0.4, 0.5) is 0 Å². The van der Waals surface area contributed by atoms with Crippen LogP contribution in [-0.4, -0.2) is 46.9 Å². The highest BCUT2D eigenvalue weighted by Gasteiger charge is 2.16. The van der Waals surface area contributed by atoms with Gasteiger partial charge in [-0.05, 0) is 53.2 Å². The number of nitrogens with one attached hydrogen (secondary N) is 1. The minimum absolute atomic E-state index is 0.176. The fourth-order valence-electron chi connectivity index (χ4n) is 2.60. The molecular weight excluding hydrogens is 490 g/mol. The van der Waals surface area contributed by atoms with E-state index < -0.39 is 0 Å². The largest absolute Gasteiger partial charge is 0.493 e. The molecule has 1 amide bonds. The fraction of sp³-hybridized carbons (Fsp3) is 0.263. The van der Waals surface area contributed by atoms with Crippen LogP contribution in [0.25, 0.3) is 11.4 Å². The number of carbonyl (C=O) groups is 1. The summed E-state index contributed by atoms with van der Waals surface area (Å²) < 4.78 is 13.6. The lowest BCUT2D eigenvalue weighted by molar-refractivity contribution is -0.118. The Hall–Kier alpha value is -2.37. The van der Waals surface area contributed by atoms with Crippen molar-refractivity contribution in [1.82, 2.24) is 20.2 Å². The van der Waals surface area contributed by atoms with Gasteiger partial charge >= 0.3 is 0 Å². The van der Waals surface area contributed by atoms with Crippen molar-refractivity contribution in [2.24, 2.45) is 5.10 Å². The molecule has 0 unspecified atom stereocenters. The highest BCUT2D eigenvalue weighted by molar-refractivity contribution is 9.11. The smallest absolute Gasteiger partial charge is 0.250 e. The van der Waals surface area contributed by atoms with Gasteiger partial charge in [0.2, 0.25) is 0 Å². The average molecular weight is 510 g/mol. The highest BCUT2D eigenvalue weighted by Crippen LogP contribution is 2.32. The van der Waals surface area contributed by atoms with Crippen molar-refractivity contribution in [3.05, 3.63) is 39.0 Å². The molecule has 0 fully saturated rings. The monoisotopic (exact) mass is 509 g/mol. The summed E-state index contributed by atoms with van der Waals surface area (Å²) in [6, 6.07) is 9.42. The van der Waals surface area contributed by atoms with Crippen LogP contribution in [0.2, 0.25) is 0 Å². The molecule has 0 saturated heterocycles. The number of thiophene rings is 1. The number of ether oxygens (including phenoxy) is 2. The quantitative estimate of drug-likeness (QED) is 0.266. The van der Waals surface area contributed by atoms with Crippen molar-refractivity contribution >= 4 is 51.2 Å². The number of nitrogens with zero attached hydrogens (tertiary/aromatic N) is 4. The first-order valence-corrected chi connectivity index (χ1v) is 11.5. The third kappa shape index (κ3) is 5.41. The van der Waals surface area contributed by atoms with E-state index in [0.717, 1.165) is 14.2 Å². The van der Waals surface area contributed by atoms with Crippen molar-refractivity contribution in [3.63, 3.8) is 0 Å². The van der Waals surface area contributed by atoms with E-state index in [-0.39, 0.29) is 11.7 Å². The number of aromatic nitrogens is 3. The summed E-state index contributed by atoms with van der Waals surface area (Å²) in [7, 11) is 3.18. The maximum Gasteiger partial charge on any atom is 0.250 e. The molecule has 8 nitrogen and oxygen atoms in total. The Labute approximate surface area is 190 Å². The molecule has 0 radical (unpaired) electrons. The Balaban J connectivity index is 1.65. The fourth-order valence-corrected chi connectivity index (χ4v) is 4.69. The first-order valence-electron chi connectivity index (χ1n) is 8.91. The minimum atomic E-state index is -0.217. The zero-order valence-electron chi connectivity index (χ0n) is 16.6. The van der Waals surface area contributed by atoms with Gasteiger partial charge in [-0.25, -0.2) is 5.43 Å². The Morgan fingerprint density at radius 1 is 1.27 bits per heavy atom. The van der Waals surface area contributed by atoms with E-state index in [1.165, 1.54) is 23.1 Å². The van der Waals surface area contributed by atoms with Crippen LogP contribution in [0.1, 0.15) is 11.8 Å². The minimum Gasteiger partial charge on any atom is -0.493 e. The molecule has 0 aliphatic rings. The van der Waals surface area contributed by atoms with E-state index >= 15 is 0 Å². The van der Waals surface area contributed by atoms with Crippen molar-refractivity contribution in [1.29, 1.82) is 0 Å². The summed E-state index contributed by atoms with van der Waals surface area (Å²) in [4.78, 5) is 13.0. The number of hydrogen-bond acceptors (Lipinski definition) is 8. The molecular formula is C19H20BrN5O3S2. The molecule has 0 aliphatic heterocycles. The number of thioether (sulfide) groups is 1. The van der Waals surface area contributed by atoms with Crippen LogP contribution in [0, 0.1) is 0 Å². The van der Waals surface area contributed by atoms with Crippen LogP contribution >= 0.6 is 39.0 Å². The molecule has 0 spiro atoms. The standard InChI is InChI=1S/C19H20BrN5O3S2/c1-4-25-18(12-5-7-14(27-2)15(9-12)28-3)23-24-19(25)29-11-17(26)22-21-10-13-6-8-16(20)30-13/h5-10H,4,11H2,1-3H3,(H,22,26)/b21-10+. The van der Waals surface area contributed by atoms with Gasteiger partial charge in [0, 0.05) is 17.0 Å². The van der Waals surface area contributed by atoms with Gasteiger partial charge in [-0.3, -0.25) is 4.79 Å². The number of benzene rings is 1. The van der Waals surface area contributed by atoms with Gasteiger partial charge in [-0.15, -0.1) is 21.5 Å². The molecule has 3 rings (SSSR count). The number of methoxy groups -OCH3 is 2. The molecule has 3 aromatic rings. The maximum atomic E-state index is 12.1. The molecule has 158 valence electrons. The Bertz CT molecular complexity index is 1050. The predicted octanol–water partition coefficient (Wildman–Crippen LogP) is 4.05. The third-order valence-corrected chi connectivity index (χ3v) is 6.51. The first-order chi connectivity index (χ1) is 14.5. The molecule has 2 heterocycles. The normalized spacial score (nSPS) is 11.1. The SMILES string of the molecule is CCn1c(SCC(=O)N/N=C/c2ccc(Br)s2)nnc1-c1ccc(OC)c(OC)c1. The summed E-state index contributed by atoms with van der Waals surface area (Å²) in [5.74, 6) is 1.92. The lowest BCUT2D eigenvalue weighted by Gasteiger charge is -2.10. The molecule has 0 saturated carbocycles. The van der Waals surface area contributed by atoms with Crippen molar-refractivity contribution in [2.45, 2.75) is 18.6 Å². The van der Waals surface area contributed by atoms with Gasteiger partial charge < -0.3 is 14.0 Å². The first kappa shape index (κ1) is 22.3. The summed E-state index contributed by atoms with van der Waals surface area (Å²) in [5, 5.41) is 13.2. The zero-order chi connectivity index (χ0) is 21.5. The number of hydrogen-bond donors (Lipinski definition) is 1. The third-order valence-electron chi connectivity index (χ3n) is 3.98. The van der Waals surface area contributed by atoms with Gasteiger partial charge in [0.15, 0.2) is 22.5 Å². The van der Waals surface area contributed by atoms with Crippen LogP contribution in [0.5, 0.6) is 11.5 Å². The molecule has 0 atom stereocenters. The van der Waals surface area contributed by atoms with Gasteiger partial charge in [-0.1, -0.05) is 11.8 Å². The average Bonchev–Trinajstić information content (AvgIpc) is 3.37. The number of hydrazone groups is 1. The van der Waals surface area contributed by atoms with E-state index in [0.29, 0.717) is 29.0 Å². The van der Waals surface area contributed by atoms with E-state index in [2.05, 4.69) is 36.7 Å². The molecule has 1 N–H and O–H groups in total. The van der Waals surface area contributed by atoms with Crippen LogP contribution in [0.15, 0.2) is 44.4 Å². The van der Waals surface area contributed by atoms with Crippen LogP contribution < -0.4 is 14.9 Å². The lowest BCUT2D eigenvalue weighted by Crippen LogP contribution is -2.19. The van der Waals surface area contributed by atoms with Crippen molar-refractivity contribution in [3.8, 4) is 22.9 Å². The molecule has 30 heavy (non-hydrogen) atoms. The van der Waals surface area contributed by atoms with Gasteiger partial charge in [0.05, 0.1) is 30.0 Å². The molecule has 11 heteroatoms. The van der Waals surface area contributed by atoms with Crippen LogP contribution in [0.3, 0.4) is 0 Å². The van der Waals surface area contributed by atoms with E-state index in [4.69, 9.17) is 9.47 Å². The number of rotatable bonds is 9. The predicted molar refractivity (Wildman–Crippen MR) is 123 cm³/mol. The van der Waals surface area contributed by atoms with Crippen LogP contribution in [-0.2, 0) is 11.3 Å². The second kappa shape index (κ2) is 10.6. The maximum absolute atomic E-state index is 12.1. The Morgan fingerprint density at radius 2 is 2.07 bits per heavy atom. The van der Waals surface area contributed by atoms with E-state index in [1.54, 1.807) is 20.4 Å². The summed E-state index contributed by atoms with van der Waals surface area (Å²) in [6.07, 6.45) is 1.61. The highest BCUT2D eigenvalue weighted by atomic mass is 79.9. The number of halogens is 1. The summed E-state index contributed by atoms with van der Waals surface area (Å²) in [6.45, 7) is 2.66. The Morgan fingerprint density at radius 3 is 2.73 bits per heavy atom. The topological polar surface area (TPSA) is 90.6 Å². The van der Waals surface area contributed by atoms with Gasteiger partial charge in [0.1, 0.15) is 0 Å². The Kier molecular flexibility index (Phi) is 7.88. The van der Waals surface area contributed by atoms with Crippen molar-refractivity contribution in [2.75, 3.05) is 20.0 Å².